The Balaban J connectivity index is 3.01. The molecule has 10 heavy (non-hydrogen) atoms. The molecule has 0 spiro atoms. The lowest BCUT2D eigenvalue weighted by atomic mass is 10.6. The zero-order valence-electron chi connectivity index (χ0n) is 4.68. The summed E-state index contributed by atoms with van der Waals surface area (Å²) in [4.78, 5) is 20.9. The molecule has 0 saturated carbocycles. The minimum atomic E-state index is -3.11. The largest absolute Gasteiger partial charge is 0.268 e. The number of carbonyl (C=O) groups is 2. The van der Waals surface area contributed by atoms with Gasteiger partial charge in [-0.25, -0.2) is 8.42 Å². The number of imide groups is 1. The normalized spacial score (nSPS) is 17.5. The number of carbonyl (C=O) groups excluding carboxylic acids is 2. The maximum Gasteiger partial charge on any atom is 0.267 e. The van der Waals surface area contributed by atoms with E-state index in [1.807, 2.05) is 0 Å². The molecular weight excluding hydrogens is 158 g/mol. The number of hydrogen-bond donors (Lipinski definition) is 1. The molecule has 0 saturated heterocycles. The molecule has 0 aliphatic carbocycles. The van der Waals surface area contributed by atoms with Crippen molar-refractivity contribution in [1.82, 2.24) is 4.31 Å². The molecule has 0 N–H and O–H groups in total. The first-order chi connectivity index (χ1) is 4.63. The first-order valence-corrected chi connectivity index (χ1v) is 3.46. The number of amides is 2. The van der Waals surface area contributed by atoms with Crippen LogP contribution in [0.25, 0.3) is 0 Å². The summed E-state index contributed by atoms with van der Waals surface area (Å²) in [5.74, 6) is -1.61. The fourth-order valence-corrected chi connectivity index (χ4v) is 1.01. The van der Waals surface area contributed by atoms with Crippen molar-refractivity contribution in [3.05, 3.63) is 12.2 Å². The average molecular weight is 161 g/mol. The van der Waals surface area contributed by atoms with Gasteiger partial charge in [0.2, 0.25) is 10.9 Å². The second-order valence-electron chi connectivity index (χ2n) is 1.56. The van der Waals surface area contributed by atoms with Gasteiger partial charge in [0, 0.05) is 12.2 Å². The van der Waals surface area contributed by atoms with Crippen LogP contribution in [0.2, 0.25) is 0 Å². The van der Waals surface area contributed by atoms with Crippen molar-refractivity contribution < 1.29 is 18.0 Å². The molecule has 0 aromatic rings. The highest BCUT2D eigenvalue weighted by Gasteiger charge is 2.25. The molecule has 6 heteroatoms. The molecule has 5 nitrogen and oxygen atoms in total. The van der Waals surface area contributed by atoms with Crippen LogP contribution in [0.3, 0.4) is 0 Å². The van der Waals surface area contributed by atoms with Gasteiger partial charge < -0.3 is 0 Å². The van der Waals surface area contributed by atoms with Crippen molar-refractivity contribution in [3.8, 4) is 0 Å². The van der Waals surface area contributed by atoms with E-state index >= 15 is 0 Å². The van der Waals surface area contributed by atoms with E-state index in [-0.39, 0.29) is 4.31 Å². The Hall–Kier alpha value is -1.17. The van der Waals surface area contributed by atoms with Gasteiger partial charge >= 0.3 is 0 Å². The average Bonchev–Trinajstić information content (AvgIpc) is 2.11. The van der Waals surface area contributed by atoms with Crippen LogP contribution in [0.4, 0.5) is 0 Å². The van der Waals surface area contributed by atoms with Crippen LogP contribution in [0.5, 0.6) is 0 Å². The zero-order valence-corrected chi connectivity index (χ0v) is 5.58. The molecule has 54 valence electrons. The standard InChI is InChI=1S/C4H3NO4S/c6-3-1-2-4(7)5(3)10(8)9/h1-2,10H. The van der Waals surface area contributed by atoms with Crippen molar-refractivity contribution in [3.63, 3.8) is 0 Å². The lowest BCUT2D eigenvalue weighted by molar-refractivity contribution is -0.130. The van der Waals surface area contributed by atoms with Gasteiger partial charge in [-0.3, -0.25) is 9.59 Å². The lowest BCUT2D eigenvalue weighted by Gasteiger charge is -2.00. The Kier molecular flexibility index (Phi) is 1.54. The minimum absolute atomic E-state index is 0.176. The van der Waals surface area contributed by atoms with Gasteiger partial charge in [0.15, 0.2) is 0 Å². The fourth-order valence-electron chi connectivity index (χ4n) is 0.553. The third kappa shape index (κ3) is 0.926. The predicted octanol–water partition coefficient (Wildman–Crippen LogP) is -1.56. The van der Waals surface area contributed by atoms with Crippen LogP contribution in [0.1, 0.15) is 0 Å². The highest BCUT2D eigenvalue weighted by Crippen LogP contribution is 2.01. The zero-order chi connectivity index (χ0) is 7.72. The SMILES string of the molecule is O=C1C=CC(=O)N1[SH](=O)=O. The maximum absolute atomic E-state index is 10.5. The molecule has 0 aromatic carbocycles. The summed E-state index contributed by atoms with van der Waals surface area (Å²) in [7, 11) is -3.11. The van der Waals surface area contributed by atoms with Crippen LogP contribution in [-0.4, -0.2) is 24.5 Å². The molecule has 1 heterocycles. The molecule has 0 unspecified atom stereocenters. The topological polar surface area (TPSA) is 71.5 Å². The van der Waals surface area contributed by atoms with E-state index in [1.54, 1.807) is 0 Å². The molecule has 0 atom stereocenters. The van der Waals surface area contributed by atoms with Crippen molar-refractivity contribution >= 4 is 22.7 Å². The van der Waals surface area contributed by atoms with Crippen molar-refractivity contribution in [2.24, 2.45) is 0 Å². The Labute approximate surface area is 58.0 Å². The first-order valence-electron chi connectivity index (χ1n) is 2.33. The highest BCUT2D eigenvalue weighted by atomic mass is 32.2. The van der Waals surface area contributed by atoms with E-state index in [1.165, 1.54) is 0 Å². The second-order valence-corrected chi connectivity index (χ2v) is 2.44. The Morgan fingerprint density at radius 1 is 1.10 bits per heavy atom. The van der Waals surface area contributed by atoms with Crippen LogP contribution < -0.4 is 0 Å². The fraction of sp³-hybridized carbons (Fsp3) is 0. The Bertz CT molecular complexity index is 264. The van der Waals surface area contributed by atoms with E-state index in [4.69, 9.17) is 0 Å². The van der Waals surface area contributed by atoms with Gasteiger partial charge in [-0.15, -0.1) is 0 Å². The summed E-state index contributed by atoms with van der Waals surface area (Å²) in [6.45, 7) is 0. The summed E-state index contributed by atoms with van der Waals surface area (Å²) in [6.07, 6.45) is 1.82. The van der Waals surface area contributed by atoms with Crippen molar-refractivity contribution in [1.29, 1.82) is 0 Å². The number of thiol groups is 1. The minimum Gasteiger partial charge on any atom is -0.268 e. The summed E-state index contributed by atoms with van der Waals surface area (Å²) in [6, 6.07) is 0. The summed E-state index contributed by atoms with van der Waals surface area (Å²) < 4.78 is 20.4. The van der Waals surface area contributed by atoms with Gasteiger partial charge in [-0.2, -0.15) is 4.31 Å². The van der Waals surface area contributed by atoms with E-state index < -0.39 is 22.7 Å². The van der Waals surface area contributed by atoms with Gasteiger partial charge in [0.05, 0.1) is 0 Å². The molecule has 0 bridgehead atoms. The van der Waals surface area contributed by atoms with Gasteiger partial charge in [-0.05, 0) is 0 Å². The molecule has 1 aliphatic rings. The smallest absolute Gasteiger partial charge is 0.267 e. The van der Waals surface area contributed by atoms with E-state index in [2.05, 4.69) is 0 Å². The Morgan fingerprint density at radius 3 is 1.70 bits per heavy atom. The predicted molar refractivity (Wildman–Crippen MR) is 31.3 cm³/mol. The van der Waals surface area contributed by atoms with Crippen molar-refractivity contribution in [2.45, 2.75) is 0 Å². The van der Waals surface area contributed by atoms with Crippen molar-refractivity contribution in [2.75, 3.05) is 0 Å². The van der Waals surface area contributed by atoms with Gasteiger partial charge in [0.25, 0.3) is 11.8 Å². The molecule has 1 rings (SSSR count). The summed E-state index contributed by atoms with van der Waals surface area (Å²) in [5, 5.41) is 0. The molecule has 0 radical (unpaired) electrons. The molecule has 2 amide bonds. The maximum atomic E-state index is 10.5. The number of nitrogens with zero attached hydrogens (tertiary/aromatic N) is 1. The Morgan fingerprint density at radius 2 is 1.50 bits per heavy atom. The third-order valence-corrected chi connectivity index (χ3v) is 1.67. The molecule has 0 fully saturated rings. The van der Waals surface area contributed by atoms with E-state index in [0.717, 1.165) is 12.2 Å². The summed E-state index contributed by atoms with van der Waals surface area (Å²) in [5.41, 5.74) is 0. The second kappa shape index (κ2) is 2.22. The first kappa shape index (κ1) is 6.94. The highest BCUT2D eigenvalue weighted by molar-refractivity contribution is 7.71. The van der Waals surface area contributed by atoms with Crippen LogP contribution in [-0.2, 0) is 20.5 Å². The van der Waals surface area contributed by atoms with E-state index in [0.29, 0.717) is 0 Å². The molecular formula is C4H3NO4S. The monoisotopic (exact) mass is 161 g/mol. The van der Waals surface area contributed by atoms with Crippen LogP contribution in [0, 0.1) is 0 Å². The number of hydrogen-bond acceptors (Lipinski definition) is 4. The lowest BCUT2D eigenvalue weighted by Crippen LogP contribution is -2.27. The van der Waals surface area contributed by atoms with E-state index in [9.17, 15) is 18.0 Å². The summed E-state index contributed by atoms with van der Waals surface area (Å²) >= 11 is 0. The number of rotatable bonds is 1. The van der Waals surface area contributed by atoms with Gasteiger partial charge in [-0.1, -0.05) is 0 Å². The van der Waals surface area contributed by atoms with Crippen LogP contribution >= 0.6 is 0 Å². The van der Waals surface area contributed by atoms with Crippen LogP contribution in [0.15, 0.2) is 12.2 Å². The molecule has 1 aliphatic heterocycles. The quantitative estimate of drug-likeness (QED) is 0.373. The van der Waals surface area contributed by atoms with Gasteiger partial charge in [0.1, 0.15) is 0 Å². The molecule has 0 aromatic heterocycles. The third-order valence-electron chi connectivity index (χ3n) is 0.949.